The van der Waals surface area contributed by atoms with Gasteiger partial charge in [0.1, 0.15) is 0 Å². The standard InChI is InChI=1S/C21H24N4O3/c26-20(25-12-16-9-10-22-11-17(16)13-25)23-18-5-1-14(2-6-18)15-3-7-19(8-4-15)24-21(27)28/h1-2,5-6,9-11,15,19,24H,3-4,7-8,12-13H2,(H,23,26)(H,27,28). The van der Waals surface area contributed by atoms with Gasteiger partial charge in [-0.25, -0.2) is 9.59 Å². The fourth-order valence-electron chi connectivity index (χ4n) is 4.15. The van der Waals surface area contributed by atoms with Gasteiger partial charge in [-0.1, -0.05) is 12.1 Å². The molecule has 1 aromatic carbocycles. The monoisotopic (exact) mass is 380 g/mol. The number of carboxylic acid groups (broad SMARTS) is 1. The molecule has 3 N–H and O–H groups in total. The highest BCUT2D eigenvalue weighted by atomic mass is 16.4. The van der Waals surface area contributed by atoms with E-state index < -0.39 is 6.09 Å². The Kier molecular flexibility index (Phi) is 5.14. The molecule has 1 fully saturated rings. The summed E-state index contributed by atoms with van der Waals surface area (Å²) in [5, 5.41) is 14.4. The van der Waals surface area contributed by atoms with Gasteiger partial charge in [-0.15, -0.1) is 0 Å². The van der Waals surface area contributed by atoms with Gasteiger partial charge >= 0.3 is 12.1 Å². The van der Waals surface area contributed by atoms with Gasteiger partial charge < -0.3 is 20.6 Å². The summed E-state index contributed by atoms with van der Waals surface area (Å²) in [6, 6.07) is 9.93. The number of nitrogens with one attached hydrogen (secondary N) is 2. The molecule has 1 aromatic heterocycles. The van der Waals surface area contributed by atoms with Crippen LogP contribution in [0.25, 0.3) is 0 Å². The SMILES string of the molecule is O=C(O)NC1CCC(c2ccc(NC(=O)N3Cc4ccncc4C3)cc2)CC1. The van der Waals surface area contributed by atoms with Crippen LogP contribution in [0.5, 0.6) is 0 Å². The van der Waals surface area contributed by atoms with E-state index in [2.05, 4.69) is 27.8 Å². The van der Waals surface area contributed by atoms with Gasteiger partial charge in [-0.05, 0) is 66.5 Å². The molecule has 4 rings (SSSR count). The van der Waals surface area contributed by atoms with E-state index in [4.69, 9.17) is 5.11 Å². The number of pyridine rings is 1. The molecule has 1 aliphatic carbocycles. The fraction of sp³-hybridized carbons (Fsp3) is 0.381. The molecule has 28 heavy (non-hydrogen) atoms. The van der Waals surface area contributed by atoms with Crippen LogP contribution < -0.4 is 10.6 Å². The maximum atomic E-state index is 12.5. The van der Waals surface area contributed by atoms with Crippen LogP contribution in [0.2, 0.25) is 0 Å². The third kappa shape index (κ3) is 4.08. The molecule has 2 aliphatic rings. The zero-order valence-corrected chi connectivity index (χ0v) is 15.6. The van der Waals surface area contributed by atoms with Crippen molar-refractivity contribution in [3.8, 4) is 0 Å². The maximum Gasteiger partial charge on any atom is 0.404 e. The number of anilines is 1. The highest BCUT2D eigenvalue weighted by Gasteiger charge is 2.25. The smallest absolute Gasteiger partial charge is 0.404 e. The fourth-order valence-corrected chi connectivity index (χ4v) is 4.15. The Morgan fingerprint density at radius 3 is 2.39 bits per heavy atom. The van der Waals surface area contributed by atoms with Gasteiger partial charge in [0.05, 0.1) is 0 Å². The Hall–Kier alpha value is -3.09. The largest absolute Gasteiger partial charge is 0.465 e. The second kappa shape index (κ2) is 7.88. The van der Waals surface area contributed by atoms with E-state index in [1.165, 1.54) is 5.56 Å². The molecule has 7 nitrogen and oxygen atoms in total. The van der Waals surface area contributed by atoms with Crippen molar-refractivity contribution in [1.82, 2.24) is 15.2 Å². The van der Waals surface area contributed by atoms with E-state index >= 15 is 0 Å². The number of fused-ring (bicyclic) bond motifs is 1. The van der Waals surface area contributed by atoms with Gasteiger partial charge in [-0.3, -0.25) is 4.98 Å². The van der Waals surface area contributed by atoms with Crippen molar-refractivity contribution in [2.45, 2.75) is 50.7 Å². The quantitative estimate of drug-likeness (QED) is 0.752. The van der Waals surface area contributed by atoms with Gasteiger partial charge in [0.2, 0.25) is 0 Å². The first-order valence-corrected chi connectivity index (χ1v) is 9.65. The molecule has 0 radical (unpaired) electrons. The Balaban J connectivity index is 1.31. The van der Waals surface area contributed by atoms with Crippen molar-refractivity contribution in [3.63, 3.8) is 0 Å². The number of aromatic nitrogens is 1. The molecule has 0 unspecified atom stereocenters. The van der Waals surface area contributed by atoms with E-state index in [1.54, 1.807) is 11.1 Å². The van der Waals surface area contributed by atoms with Crippen LogP contribution in [0.4, 0.5) is 15.3 Å². The summed E-state index contributed by atoms with van der Waals surface area (Å²) >= 11 is 0. The number of rotatable bonds is 3. The molecular formula is C21H24N4O3. The lowest BCUT2D eigenvalue weighted by molar-refractivity contribution is 0.185. The van der Waals surface area contributed by atoms with Gasteiger partial charge in [0.15, 0.2) is 0 Å². The summed E-state index contributed by atoms with van der Waals surface area (Å²) in [6.45, 7) is 1.19. The van der Waals surface area contributed by atoms with Crippen molar-refractivity contribution in [2.24, 2.45) is 0 Å². The molecule has 3 amide bonds. The minimum atomic E-state index is -0.944. The van der Waals surface area contributed by atoms with Crippen LogP contribution in [0.15, 0.2) is 42.7 Å². The maximum absolute atomic E-state index is 12.5. The van der Waals surface area contributed by atoms with Crippen molar-refractivity contribution in [1.29, 1.82) is 0 Å². The van der Waals surface area contributed by atoms with Crippen molar-refractivity contribution < 1.29 is 14.7 Å². The summed E-state index contributed by atoms with van der Waals surface area (Å²) < 4.78 is 0. The van der Waals surface area contributed by atoms with Crippen molar-refractivity contribution in [3.05, 3.63) is 59.4 Å². The van der Waals surface area contributed by atoms with Gasteiger partial charge in [0, 0.05) is 37.2 Å². The molecule has 146 valence electrons. The van der Waals surface area contributed by atoms with Crippen LogP contribution in [0.1, 0.15) is 48.3 Å². The van der Waals surface area contributed by atoms with E-state index in [0.29, 0.717) is 19.0 Å². The van der Waals surface area contributed by atoms with E-state index in [-0.39, 0.29) is 12.1 Å². The predicted octanol–water partition coefficient (Wildman–Crippen LogP) is 3.92. The third-order valence-electron chi connectivity index (χ3n) is 5.70. The molecule has 2 aromatic rings. The summed E-state index contributed by atoms with van der Waals surface area (Å²) in [4.78, 5) is 29.2. The Labute approximate surface area is 163 Å². The molecule has 1 aliphatic heterocycles. The molecular weight excluding hydrogens is 356 g/mol. The summed E-state index contributed by atoms with van der Waals surface area (Å²) in [6.07, 6.45) is 6.29. The van der Waals surface area contributed by atoms with Gasteiger partial charge in [-0.2, -0.15) is 0 Å². The number of nitrogens with zero attached hydrogens (tertiary/aromatic N) is 2. The molecule has 2 heterocycles. The first kappa shape index (κ1) is 18.3. The van der Waals surface area contributed by atoms with Crippen LogP contribution in [-0.4, -0.2) is 33.2 Å². The predicted molar refractivity (Wildman–Crippen MR) is 105 cm³/mol. The normalized spacial score (nSPS) is 21.1. The number of carbonyl (C=O) groups is 2. The van der Waals surface area contributed by atoms with E-state index in [1.807, 2.05) is 24.4 Å². The van der Waals surface area contributed by atoms with Crippen LogP contribution in [0, 0.1) is 0 Å². The topological polar surface area (TPSA) is 94.6 Å². The second-order valence-electron chi connectivity index (χ2n) is 7.55. The second-order valence-corrected chi connectivity index (χ2v) is 7.55. The number of urea groups is 1. The Morgan fingerprint density at radius 1 is 1.00 bits per heavy atom. The molecule has 0 bridgehead atoms. The first-order chi connectivity index (χ1) is 13.6. The number of hydrogen-bond acceptors (Lipinski definition) is 3. The number of carbonyl (C=O) groups excluding carboxylic acids is 1. The lowest BCUT2D eigenvalue weighted by Crippen LogP contribution is -2.36. The molecule has 0 atom stereocenters. The summed E-state index contributed by atoms with van der Waals surface area (Å²) in [7, 11) is 0. The van der Waals surface area contributed by atoms with Gasteiger partial charge in [0.25, 0.3) is 0 Å². The summed E-state index contributed by atoms with van der Waals surface area (Å²) in [5.41, 5.74) is 4.27. The average Bonchev–Trinajstić information content (AvgIpc) is 3.13. The first-order valence-electron chi connectivity index (χ1n) is 9.65. The molecule has 0 spiro atoms. The molecule has 1 saturated carbocycles. The third-order valence-corrected chi connectivity index (χ3v) is 5.70. The zero-order chi connectivity index (χ0) is 19.5. The highest BCUT2D eigenvalue weighted by molar-refractivity contribution is 5.89. The van der Waals surface area contributed by atoms with Crippen LogP contribution >= 0.6 is 0 Å². The minimum absolute atomic E-state index is 0.0621. The summed E-state index contributed by atoms with van der Waals surface area (Å²) in [5.74, 6) is 0.442. The lowest BCUT2D eigenvalue weighted by atomic mass is 9.82. The molecule has 7 heteroatoms. The van der Waals surface area contributed by atoms with E-state index in [9.17, 15) is 9.59 Å². The highest BCUT2D eigenvalue weighted by Crippen LogP contribution is 2.33. The Bertz CT molecular complexity index is 835. The van der Waals surface area contributed by atoms with Crippen LogP contribution in [0.3, 0.4) is 0 Å². The number of benzene rings is 1. The van der Waals surface area contributed by atoms with Crippen LogP contribution in [-0.2, 0) is 13.1 Å². The average molecular weight is 380 g/mol. The van der Waals surface area contributed by atoms with E-state index in [0.717, 1.165) is 42.5 Å². The van der Waals surface area contributed by atoms with Crippen molar-refractivity contribution in [2.75, 3.05) is 5.32 Å². The van der Waals surface area contributed by atoms with Crippen molar-refractivity contribution >= 4 is 17.8 Å². The molecule has 0 saturated heterocycles. The zero-order valence-electron chi connectivity index (χ0n) is 15.6. The minimum Gasteiger partial charge on any atom is -0.465 e. The number of amides is 3. The Morgan fingerprint density at radius 2 is 1.71 bits per heavy atom. The number of hydrogen-bond donors (Lipinski definition) is 3. The lowest BCUT2D eigenvalue weighted by Gasteiger charge is -2.28.